The van der Waals surface area contributed by atoms with E-state index in [1.54, 1.807) is 20.8 Å². The number of nitrogens with zero attached hydrogens (tertiary/aromatic N) is 2. The third-order valence-electron chi connectivity index (χ3n) is 4.22. The number of carbonyl (C=O) groups excluding carboxylic acids is 2. The van der Waals surface area contributed by atoms with E-state index >= 15 is 0 Å². The van der Waals surface area contributed by atoms with Crippen LogP contribution < -0.4 is 4.90 Å². The van der Waals surface area contributed by atoms with E-state index in [9.17, 15) is 31.5 Å². The van der Waals surface area contributed by atoms with Gasteiger partial charge in [0.15, 0.2) is 0 Å². The van der Waals surface area contributed by atoms with Gasteiger partial charge in [0.2, 0.25) is 5.60 Å². The molecule has 1 amide bonds. The smallest absolute Gasteiger partial charge is 0.427 e. The largest absolute Gasteiger partial charge is 0.450 e. The summed E-state index contributed by atoms with van der Waals surface area (Å²) in [5.41, 5.74) is -4.52. The first-order chi connectivity index (χ1) is 13.4. The van der Waals surface area contributed by atoms with Gasteiger partial charge in [0.1, 0.15) is 11.3 Å². The minimum Gasteiger partial charge on any atom is -0.450 e. The van der Waals surface area contributed by atoms with Gasteiger partial charge >= 0.3 is 18.2 Å². The van der Waals surface area contributed by atoms with Crippen molar-refractivity contribution in [2.24, 2.45) is 0 Å². The predicted molar refractivity (Wildman–Crippen MR) is 96.3 cm³/mol. The Morgan fingerprint density at radius 1 is 1.13 bits per heavy atom. The summed E-state index contributed by atoms with van der Waals surface area (Å²) in [5, 5.41) is 0. The van der Waals surface area contributed by atoms with Crippen LogP contribution in [-0.4, -0.2) is 41.0 Å². The van der Waals surface area contributed by atoms with E-state index in [0.717, 1.165) is 17.2 Å². The lowest BCUT2D eigenvalue weighted by Gasteiger charge is -2.34. The fourth-order valence-electron chi connectivity index (χ4n) is 2.62. The van der Waals surface area contributed by atoms with Gasteiger partial charge < -0.3 is 9.47 Å². The van der Waals surface area contributed by atoms with E-state index in [4.69, 9.17) is 4.74 Å². The lowest BCUT2D eigenvalue weighted by molar-refractivity contribution is -0.257. The number of halogens is 5. The number of ether oxygens (including phenoxy) is 2. The van der Waals surface area contributed by atoms with Crippen molar-refractivity contribution in [1.29, 1.82) is 0 Å². The number of amides is 1. The molecule has 0 atom stereocenters. The minimum absolute atomic E-state index is 0.0167. The summed E-state index contributed by atoms with van der Waals surface area (Å²) in [5.74, 6) is -4.53. The van der Waals surface area contributed by atoms with E-state index in [-0.39, 0.29) is 17.8 Å². The van der Waals surface area contributed by atoms with Crippen molar-refractivity contribution in [1.82, 2.24) is 4.98 Å². The summed E-state index contributed by atoms with van der Waals surface area (Å²) in [6, 6.07) is 1.11. The molecule has 0 aliphatic carbocycles. The second-order valence-corrected chi connectivity index (χ2v) is 8.46. The number of pyridine rings is 1. The highest BCUT2D eigenvalue weighted by Gasteiger charge is 2.51. The number of alkyl halides is 5. The van der Waals surface area contributed by atoms with Crippen LogP contribution >= 0.6 is 0 Å². The number of anilines is 1. The van der Waals surface area contributed by atoms with Crippen molar-refractivity contribution >= 4 is 17.7 Å². The highest BCUT2D eigenvalue weighted by Crippen LogP contribution is 2.42. The van der Waals surface area contributed by atoms with Gasteiger partial charge in [-0.3, -0.25) is 14.7 Å². The molecule has 6 nitrogen and oxygen atoms in total. The van der Waals surface area contributed by atoms with E-state index in [2.05, 4.69) is 9.72 Å². The standard InChI is InChI=1S/C19H23F5N2O4/c1-16(2,3)30-15(28)26-7-6-18(20,21)14-12(26)8-11(10-25-14)9-13(27)29-17(4,5)19(22,23)24/h8,10H,6-7,9H2,1-5H3. The van der Waals surface area contributed by atoms with Crippen LogP contribution in [0.5, 0.6) is 0 Å². The molecule has 0 radical (unpaired) electrons. The van der Waals surface area contributed by atoms with Crippen LogP contribution in [0.2, 0.25) is 0 Å². The van der Waals surface area contributed by atoms with Gasteiger partial charge in [0.25, 0.3) is 5.92 Å². The molecule has 1 aliphatic heterocycles. The van der Waals surface area contributed by atoms with Crippen molar-refractivity contribution in [2.75, 3.05) is 11.4 Å². The molecule has 0 spiro atoms. The minimum atomic E-state index is -4.79. The maximum Gasteiger partial charge on any atom is 0.427 e. The summed E-state index contributed by atoms with van der Waals surface area (Å²) in [4.78, 5) is 29.0. The Morgan fingerprint density at radius 3 is 2.27 bits per heavy atom. The highest BCUT2D eigenvalue weighted by molar-refractivity contribution is 5.89. The lowest BCUT2D eigenvalue weighted by atomic mass is 10.0. The Hall–Kier alpha value is -2.46. The van der Waals surface area contributed by atoms with Crippen molar-refractivity contribution in [3.8, 4) is 0 Å². The molecule has 0 bridgehead atoms. The van der Waals surface area contributed by atoms with Crippen LogP contribution in [0.3, 0.4) is 0 Å². The van der Waals surface area contributed by atoms with Crippen molar-refractivity contribution in [3.05, 3.63) is 23.5 Å². The SMILES string of the molecule is CC(C)(C)OC(=O)N1CCC(F)(F)c2ncc(CC(=O)OC(C)(C)C(F)(F)F)cc21. The monoisotopic (exact) mass is 438 g/mol. The Kier molecular flexibility index (Phi) is 6.08. The molecule has 0 saturated heterocycles. The molecule has 1 aliphatic rings. The number of rotatable bonds is 3. The molecular weight excluding hydrogens is 415 g/mol. The highest BCUT2D eigenvalue weighted by atomic mass is 19.4. The van der Waals surface area contributed by atoms with Crippen LogP contribution in [0.1, 0.15) is 52.3 Å². The summed E-state index contributed by atoms with van der Waals surface area (Å²) in [6.07, 6.45) is -6.03. The molecule has 1 aromatic rings. The Morgan fingerprint density at radius 2 is 1.73 bits per heavy atom. The van der Waals surface area contributed by atoms with Gasteiger partial charge in [-0.05, 0) is 46.2 Å². The second kappa shape index (κ2) is 7.66. The molecule has 2 heterocycles. The topological polar surface area (TPSA) is 68.7 Å². The van der Waals surface area contributed by atoms with Crippen LogP contribution in [-0.2, 0) is 26.6 Å². The zero-order chi connectivity index (χ0) is 23.1. The molecule has 30 heavy (non-hydrogen) atoms. The first-order valence-corrected chi connectivity index (χ1v) is 9.09. The fraction of sp³-hybridized carbons (Fsp3) is 0.632. The average Bonchev–Trinajstić information content (AvgIpc) is 2.51. The van der Waals surface area contributed by atoms with E-state index in [0.29, 0.717) is 13.8 Å². The number of carbonyl (C=O) groups is 2. The van der Waals surface area contributed by atoms with Crippen LogP contribution in [0.25, 0.3) is 0 Å². The van der Waals surface area contributed by atoms with Crippen LogP contribution in [0.4, 0.5) is 32.4 Å². The summed E-state index contributed by atoms with van der Waals surface area (Å²) in [6.45, 7) is 5.86. The van der Waals surface area contributed by atoms with Crippen molar-refractivity contribution < 1.29 is 41.0 Å². The quantitative estimate of drug-likeness (QED) is 0.504. The molecule has 2 rings (SSSR count). The number of hydrogen-bond acceptors (Lipinski definition) is 5. The molecular formula is C19H23F5N2O4. The molecule has 0 N–H and O–H groups in total. The molecule has 0 unspecified atom stereocenters. The van der Waals surface area contributed by atoms with Gasteiger partial charge in [-0.25, -0.2) is 4.79 Å². The van der Waals surface area contributed by atoms with E-state index in [1.165, 1.54) is 0 Å². The first-order valence-electron chi connectivity index (χ1n) is 9.09. The molecule has 0 saturated carbocycles. The Bertz CT molecular complexity index is 831. The van der Waals surface area contributed by atoms with Gasteiger partial charge in [-0.15, -0.1) is 0 Å². The normalized spacial score (nSPS) is 16.7. The van der Waals surface area contributed by atoms with Crippen molar-refractivity contribution in [2.45, 2.75) is 70.8 Å². The number of hydrogen-bond donors (Lipinski definition) is 0. The lowest BCUT2D eigenvalue weighted by Crippen LogP contribution is -2.44. The fourth-order valence-corrected chi connectivity index (χ4v) is 2.62. The zero-order valence-electron chi connectivity index (χ0n) is 17.2. The Balaban J connectivity index is 2.31. The molecule has 1 aromatic heterocycles. The third kappa shape index (κ3) is 5.37. The Labute approximate surface area is 170 Å². The van der Waals surface area contributed by atoms with Crippen molar-refractivity contribution in [3.63, 3.8) is 0 Å². The van der Waals surface area contributed by atoms with Crippen LogP contribution in [0, 0.1) is 0 Å². The first kappa shape index (κ1) is 23.8. The summed E-state index contributed by atoms with van der Waals surface area (Å²) < 4.78 is 76.9. The van der Waals surface area contributed by atoms with Crippen LogP contribution in [0.15, 0.2) is 12.3 Å². The van der Waals surface area contributed by atoms with Gasteiger partial charge in [0, 0.05) is 19.2 Å². The summed E-state index contributed by atoms with van der Waals surface area (Å²) >= 11 is 0. The summed E-state index contributed by atoms with van der Waals surface area (Å²) in [7, 11) is 0. The number of esters is 1. The maximum atomic E-state index is 14.3. The zero-order valence-corrected chi connectivity index (χ0v) is 17.2. The van der Waals surface area contributed by atoms with E-state index in [1.807, 2.05) is 0 Å². The number of aromatic nitrogens is 1. The third-order valence-corrected chi connectivity index (χ3v) is 4.22. The number of fused-ring (bicyclic) bond motifs is 1. The van der Waals surface area contributed by atoms with Gasteiger partial charge in [0.05, 0.1) is 12.1 Å². The second-order valence-electron chi connectivity index (χ2n) is 8.46. The van der Waals surface area contributed by atoms with E-state index < -0.39 is 53.9 Å². The van der Waals surface area contributed by atoms with Gasteiger partial charge in [-0.2, -0.15) is 22.0 Å². The predicted octanol–water partition coefficient (Wildman–Crippen LogP) is 4.75. The molecule has 0 fully saturated rings. The molecule has 11 heteroatoms. The average molecular weight is 438 g/mol. The maximum absolute atomic E-state index is 14.3. The molecule has 168 valence electrons. The molecule has 0 aromatic carbocycles. The van der Waals surface area contributed by atoms with Gasteiger partial charge in [-0.1, -0.05) is 0 Å².